The highest BCUT2D eigenvalue weighted by Gasteiger charge is 2.23. The zero-order valence-corrected chi connectivity index (χ0v) is 10.8. The van der Waals surface area contributed by atoms with Gasteiger partial charge in [0.25, 0.3) is 0 Å². The summed E-state index contributed by atoms with van der Waals surface area (Å²) in [5, 5.41) is 0. The predicted octanol–water partition coefficient (Wildman–Crippen LogP) is 2.28. The standard InChI is InChI=1S/C12H22ClNO2/c1-14(8-4-2-3-7-13)12(15)11-5-9-16-10-6-11/h11H,2-10H2,1H3. The van der Waals surface area contributed by atoms with Crippen LogP contribution in [0.15, 0.2) is 0 Å². The minimum atomic E-state index is 0.187. The summed E-state index contributed by atoms with van der Waals surface area (Å²) in [7, 11) is 1.90. The summed E-state index contributed by atoms with van der Waals surface area (Å²) in [4.78, 5) is 13.9. The summed E-state index contributed by atoms with van der Waals surface area (Å²) in [6.07, 6.45) is 4.96. The second-order valence-electron chi connectivity index (χ2n) is 4.40. The fourth-order valence-electron chi connectivity index (χ4n) is 1.99. The summed E-state index contributed by atoms with van der Waals surface area (Å²) < 4.78 is 5.26. The molecule has 94 valence electrons. The molecule has 1 saturated heterocycles. The van der Waals surface area contributed by atoms with Crippen LogP contribution in [-0.2, 0) is 9.53 Å². The maximum Gasteiger partial charge on any atom is 0.225 e. The number of amides is 1. The Balaban J connectivity index is 2.18. The molecule has 0 bridgehead atoms. The fraction of sp³-hybridized carbons (Fsp3) is 0.917. The number of hydrogen-bond acceptors (Lipinski definition) is 2. The molecule has 1 rings (SSSR count). The van der Waals surface area contributed by atoms with Gasteiger partial charge in [-0.1, -0.05) is 6.42 Å². The summed E-state index contributed by atoms with van der Waals surface area (Å²) in [6, 6.07) is 0. The highest BCUT2D eigenvalue weighted by molar-refractivity contribution is 6.17. The van der Waals surface area contributed by atoms with Crippen LogP contribution >= 0.6 is 11.6 Å². The molecular formula is C12H22ClNO2. The van der Waals surface area contributed by atoms with Gasteiger partial charge in [0, 0.05) is 38.6 Å². The van der Waals surface area contributed by atoms with E-state index < -0.39 is 0 Å². The normalized spacial score (nSPS) is 17.4. The van der Waals surface area contributed by atoms with E-state index in [0.717, 1.165) is 57.7 Å². The van der Waals surface area contributed by atoms with Gasteiger partial charge < -0.3 is 9.64 Å². The van der Waals surface area contributed by atoms with E-state index in [1.165, 1.54) is 0 Å². The van der Waals surface area contributed by atoms with Crippen LogP contribution in [0.25, 0.3) is 0 Å². The van der Waals surface area contributed by atoms with Crippen LogP contribution in [0.5, 0.6) is 0 Å². The third kappa shape index (κ3) is 4.71. The lowest BCUT2D eigenvalue weighted by atomic mass is 9.99. The molecule has 1 heterocycles. The number of hydrogen-bond donors (Lipinski definition) is 0. The van der Waals surface area contributed by atoms with Crippen molar-refractivity contribution < 1.29 is 9.53 Å². The summed E-state index contributed by atoms with van der Waals surface area (Å²) in [6.45, 7) is 2.32. The summed E-state index contributed by atoms with van der Waals surface area (Å²) in [5.41, 5.74) is 0. The average Bonchev–Trinajstić information content (AvgIpc) is 2.34. The summed E-state index contributed by atoms with van der Waals surface area (Å²) >= 11 is 5.61. The van der Waals surface area contributed by atoms with Crippen LogP contribution in [0.2, 0.25) is 0 Å². The molecule has 0 radical (unpaired) electrons. The molecule has 0 N–H and O–H groups in total. The zero-order chi connectivity index (χ0) is 11.8. The van der Waals surface area contributed by atoms with Crippen LogP contribution in [0.3, 0.4) is 0 Å². The lowest BCUT2D eigenvalue weighted by Crippen LogP contribution is -2.36. The second-order valence-corrected chi connectivity index (χ2v) is 4.77. The number of rotatable bonds is 6. The first-order valence-electron chi connectivity index (χ1n) is 6.14. The minimum Gasteiger partial charge on any atom is -0.381 e. The first-order chi connectivity index (χ1) is 7.75. The minimum absolute atomic E-state index is 0.187. The Kier molecular flexibility index (Phi) is 6.81. The van der Waals surface area contributed by atoms with Gasteiger partial charge in [-0.3, -0.25) is 4.79 Å². The molecule has 1 aliphatic rings. The first-order valence-corrected chi connectivity index (χ1v) is 6.68. The van der Waals surface area contributed by atoms with Gasteiger partial charge in [0.15, 0.2) is 0 Å². The molecule has 1 aliphatic heterocycles. The maximum absolute atomic E-state index is 12.0. The van der Waals surface area contributed by atoms with Crippen LogP contribution in [-0.4, -0.2) is 43.5 Å². The molecule has 0 saturated carbocycles. The first kappa shape index (κ1) is 13.8. The lowest BCUT2D eigenvalue weighted by molar-refractivity contribution is -0.137. The van der Waals surface area contributed by atoms with E-state index in [-0.39, 0.29) is 11.8 Å². The second kappa shape index (κ2) is 7.91. The molecule has 0 aromatic carbocycles. The van der Waals surface area contributed by atoms with E-state index in [9.17, 15) is 4.79 Å². The van der Waals surface area contributed by atoms with Crippen molar-refractivity contribution in [3.63, 3.8) is 0 Å². The molecule has 1 amide bonds. The van der Waals surface area contributed by atoms with E-state index in [0.29, 0.717) is 0 Å². The molecule has 0 unspecified atom stereocenters. The van der Waals surface area contributed by atoms with Gasteiger partial charge in [-0.2, -0.15) is 0 Å². The molecule has 0 atom stereocenters. The highest BCUT2D eigenvalue weighted by Crippen LogP contribution is 2.17. The van der Waals surface area contributed by atoms with Crippen molar-refractivity contribution >= 4 is 17.5 Å². The van der Waals surface area contributed by atoms with Gasteiger partial charge in [0.05, 0.1) is 0 Å². The molecule has 3 nitrogen and oxygen atoms in total. The molecule has 16 heavy (non-hydrogen) atoms. The van der Waals surface area contributed by atoms with E-state index in [2.05, 4.69) is 0 Å². The average molecular weight is 248 g/mol. The number of carbonyl (C=O) groups is 1. The molecule has 1 fully saturated rings. The Morgan fingerprint density at radius 3 is 2.62 bits per heavy atom. The van der Waals surface area contributed by atoms with Crippen molar-refractivity contribution in [1.29, 1.82) is 0 Å². The SMILES string of the molecule is CN(CCCCCCl)C(=O)C1CCOCC1. The Morgan fingerprint density at radius 1 is 1.31 bits per heavy atom. The predicted molar refractivity (Wildman–Crippen MR) is 65.8 cm³/mol. The van der Waals surface area contributed by atoms with Crippen LogP contribution < -0.4 is 0 Å². The molecule has 0 aromatic rings. The quantitative estimate of drug-likeness (QED) is 0.532. The molecular weight excluding hydrogens is 226 g/mol. The van der Waals surface area contributed by atoms with Crippen molar-refractivity contribution in [1.82, 2.24) is 4.90 Å². The topological polar surface area (TPSA) is 29.5 Å². The Hall–Kier alpha value is -0.280. The molecule has 4 heteroatoms. The number of halogens is 1. The van der Waals surface area contributed by atoms with Crippen molar-refractivity contribution in [2.45, 2.75) is 32.1 Å². The van der Waals surface area contributed by atoms with E-state index >= 15 is 0 Å². The van der Waals surface area contributed by atoms with Gasteiger partial charge in [0.1, 0.15) is 0 Å². The summed E-state index contributed by atoms with van der Waals surface area (Å²) in [5.74, 6) is 1.19. The molecule has 0 aromatic heterocycles. The lowest BCUT2D eigenvalue weighted by Gasteiger charge is -2.26. The zero-order valence-electron chi connectivity index (χ0n) is 10.1. The maximum atomic E-state index is 12.0. The van der Waals surface area contributed by atoms with Crippen molar-refractivity contribution in [2.24, 2.45) is 5.92 Å². The van der Waals surface area contributed by atoms with Crippen LogP contribution in [0.1, 0.15) is 32.1 Å². The van der Waals surface area contributed by atoms with Crippen LogP contribution in [0, 0.1) is 5.92 Å². The Labute approximate surface area is 103 Å². The fourth-order valence-corrected chi connectivity index (χ4v) is 2.18. The third-order valence-electron chi connectivity index (χ3n) is 3.07. The molecule has 0 spiro atoms. The van der Waals surface area contributed by atoms with E-state index in [4.69, 9.17) is 16.3 Å². The van der Waals surface area contributed by atoms with Gasteiger partial charge in [0.2, 0.25) is 5.91 Å². The van der Waals surface area contributed by atoms with Crippen LogP contribution in [0.4, 0.5) is 0 Å². The van der Waals surface area contributed by atoms with Gasteiger partial charge in [-0.25, -0.2) is 0 Å². The van der Waals surface area contributed by atoms with Gasteiger partial charge >= 0.3 is 0 Å². The Morgan fingerprint density at radius 2 is 2.00 bits per heavy atom. The number of nitrogens with zero attached hydrogens (tertiary/aromatic N) is 1. The van der Waals surface area contributed by atoms with Crippen molar-refractivity contribution in [3.05, 3.63) is 0 Å². The van der Waals surface area contributed by atoms with E-state index in [1.54, 1.807) is 0 Å². The van der Waals surface area contributed by atoms with Gasteiger partial charge in [-0.15, -0.1) is 11.6 Å². The van der Waals surface area contributed by atoms with E-state index in [1.807, 2.05) is 11.9 Å². The number of alkyl halides is 1. The number of carbonyl (C=O) groups excluding carboxylic acids is 1. The van der Waals surface area contributed by atoms with Crippen molar-refractivity contribution in [2.75, 3.05) is 32.7 Å². The Bertz CT molecular complexity index is 205. The smallest absolute Gasteiger partial charge is 0.225 e. The molecule has 0 aliphatic carbocycles. The van der Waals surface area contributed by atoms with Crippen molar-refractivity contribution in [3.8, 4) is 0 Å². The largest absolute Gasteiger partial charge is 0.381 e. The monoisotopic (exact) mass is 247 g/mol. The highest BCUT2D eigenvalue weighted by atomic mass is 35.5. The third-order valence-corrected chi connectivity index (χ3v) is 3.34. The number of ether oxygens (including phenoxy) is 1. The number of unbranched alkanes of at least 4 members (excludes halogenated alkanes) is 2. The van der Waals surface area contributed by atoms with Gasteiger partial charge in [-0.05, 0) is 25.7 Å².